The second kappa shape index (κ2) is 4.86. The molecular weight excluding hydrogens is 276 g/mol. The molecule has 3 N–H and O–H groups in total. The fourth-order valence-corrected chi connectivity index (χ4v) is 3.68. The highest BCUT2D eigenvalue weighted by Gasteiger charge is 2.29. The van der Waals surface area contributed by atoms with Crippen LogP contribution < -0.4 is 11.1 Å². The first-order valence-electron chi connectivity index (χ1n) is 6.53. The predicted molar refractivity (Wildman–Crippen MR) is 78.3 cm³/mol. The highest BCUT2D eigenvalue weighted by Crippen LogP contribution is 2.29. The van der Waals surface area contributed by atoms with Crippen molar-refractivity contribution in [2.24, 2.45) is 11.1 Å². The lowest BCUT2D eigenvalue weighted by molar-refractivity contribution is -0.119. The number of anilines is 1. The van der Waals surface area contributed by atoms with E-state index in [2.05, 4.69) is 5.32 Å². The molecule has 0 spiro atoms. The maximum Gasteiger partial charge on any atom is 0.241 e. The number of nitrogens with two attached hydrogens (primary N) is 1. The fraction of sp³-hybridized carbons (Fsp3) is 0.500. The molecule has 0 saturated heterocycles. The summed E-state index contributed by atoms with van der Waals surface area (Å²) in [5, 5.41) is 2.69. The molecule has 1 aliphatic heterocycles. The van der Waals surface area contributed by atoms with E-state index in [9.17, 15) is 13.2 Å². The Bertz CT molecular complexity index is 645. The van der Waals surface area contributed by atoms with E-state index < -0.39 is 15.9 Å². The molecule has 1 aromatic rings. The molecule has 0 aromatic heterocycles. The number of carbonyl (C=O) groups excluding carboxylic acids is 1. The van der Waals surface area contributed by atoms with Gasteiger partial charge in [-0.25, -0.2) is 8.42 Å². The molecule has 1 aromatic carbocycles. The number of nitrogens with one attached hydrogen (secondary N) is 1. The Balaban J connectivity index is 2.23. The normalized spacial score (nSPS) is 18.4. The van der Waals surface area contributed by atoms with Gasteiger partial charge in [-0.1, -0.05) is 26.8 Å². The average molecular weight is 296 g/mol. The summed E-state index contributed by atoms with van der Waals surface area (Å²) in [5.41, 5.74) is 6.80. The first-order chi connectivity index (χ1) is 9.11. The van der Waals surface area contributed by atoms with Gasteiger partial charge in [0.1, 0.15) is 0 Å². The largest absolute Gasteiger partial charge is 0.325 e. The van der Waals surface area contributed by atoms with Gasteiger partial charge in [0.05, 0.1) is 16.7 Å². The van der Waals surface area contributed by atoms with Crippen molar-refractivity contribution in [3.63, 3.8) is 0 Å². The molecule has 5 nitrogen and oxygen atoms in total. The van der Waals surface area contributed by atoms with Crippen LogP contribution in [0.15, 0.2) is 23.1 Å². The summed E-state index contributed by atoms with van der Waals surface area (Å²) in [6.07, 6.45) is 0.535. The van der Waals surface area contributed by atoms with Gasteiger partial charge < -0.3 is 11.1 Å². The highest BCUT2D eigenvalue weighted by molar-refractivity contribution is 7.91. The van der Waals surface area contributed by atoms with Gasteiger partial charge >= 0.3 is 0 Å². The van der Waals surface area contributed by atoms with Crippen LogP contribution in [0.3, 0.4) is 0 Å². The van der Waals surface area contributed by atoms with Gasteiger partial charge in [-0.3, -0.25) is 4.79 Å². The molecule has 20 heavy (non-hydrogen) atoms. The molecule has 0 fully saturated rings. The van der Waals surface area contributed by atoms with Crippen LogP contribution in [0.4, 0.5) is 5.69 Å². The van der Waals surface area contributed by atoms with E-state index in [-0.39, 0.29) is 17.1 Å². The number of hydrogen-bond donors (Lipinski definition) is 2. The minimum Gasteiger partial charge on any atom is -0.325 e. The van der Waals surface area contributed by atoms with Crippen LogP contribution in [0.5, 0.6) is 0 Å². The molecule has 110 valence electrons. The molecule has 1 amide bonds. The van der Waals surface area contributed by atoms with Crippen molar-refractivity contribution in [2.45, 2.75) is 38.1 Å². The number of hydrogen-bond acceptors (Lipinski definition) is 4. The first-order valence-corrected chi connectivity index (χ1v) is 8.18. The van der Waals surface area contributed by atoms with E-state index in [4.69, 9.17) is 5.73 Å². The van der Waals surface area contributed by atoms with Crippen LogP contribution in [-0.4, -0.2) is 26.1 Å². The van der Waals surface area contributed by atoms with Crippen LogP contribution in [0.2, 0.25) is 0 Å². The predicted octanol–water partition coefficient (Wildman–Crippen LogP) is 1.33. The van der Waals surface area contributed by atoms with E-state index in [0.29, 0.717) is 17.0 Å². The van der Waals surface area contributed by atoms with Crippen molar-refractivity contribution in [3.05, 3.63) is 23.8 Å². The number of sulfone groups is 1. The van der Waals surface area contributed by atoms with Gasteiger partial charge in [-0.05, 0) is 29.5 Å². The van der Waals surface area contributed by atoms with Gasteiger partial charge in [0.2, 0.25) is 5.91 Å². The molecule has 0 radical (unpaired) electrons. The highest BCUT2D eigenvalue weighted by atomic mass is 32.2. The molecular formula is C14H20N2O3S. The lowest BCUT2D eigenvalue weighted by Crippen LogP contribution is -2.45. The Morgan fingerprint density at radius 3 is 2.60 bits per heavy atom. The molecule has 2 rings (SSSR count). The Morgan fingerprint density at radius 1 is 1.35 bits per heavy atom. The Kier molecular flexibility index (Phi) is 3.64. The molecule has 6 heteroatoms. The van der Waals surface area contributed by atoms with Crippen LogP contribution >= 0.6 is 0 Å². The molecule has 1 aliphatic rings. The van der Waals surface area contributed by atoms with E-state index >= 15 is 0 Å². The minimum absolute atomic E-state index is 0.140. The summed E-state index contributed by atoms with van der Waals surface area (Å²) in [7, 11) is -3.20. The number of benzene rings is 1. The third-order valence-electron chi connectivity index (χ3n) is 3.53. The van der Waals surface area contributed by atoms with Crippen LogP contribution in [-0.2, 0) is 21.1 Å². The van der Waals surface area contributed by atoms with E-state index in [1.165, 1.54) is 6.07 Å². The number of aryl methyl sites for hydroxylation is 1. The summed E-state index contributed by atoms with van der Waals surface area (Å²) >= 11 is 0. The van der Waals surface area contributed by atoms with Crippen LogP contribution in [0, 0.1) is 5.41 Å². The lowest BCUT2D eigenvalue weighted by Gasteiger charge is -2.25. The van der Waals surface area contributed by atoms with Crippen molar-refractivity contribution >= 4 is 21.4 Å². The number of fused-ring (bicyclic) bond motifs is 1. The van der Waals surface area contributed by atoms with Crippen molar-refractivity contribution in [1.82, 2.24) is 0 Å². The zero-order chi connectivity index (χ0) is 15.1. The van der Waals surface area contributed by atoms with E-state index in [1.54, 1.807) is 12.1 Å². The summed E-state index contributed by atoms with van der Waals surface area (Å²) in [6.45, 7) is 5.64. The lowest BCUT2D eigenvalue weighted by atomic mass is 9.87. The van der Waals surface area contributed by atoms with Gasteiger partial charge in [-0.2, -0.15) is 0 Å². The van der Waals surface area contributed by atoms with E-state index in [0.717, 1.165) is 5.56 Å². The topological polar surface area (TPSA) is 89.3 Å². The third-order valence-corrected chi connectivity index (χ3v) is 5.32. The SMILES string of the molecule is CC(C)(C)[C@H](N)C(=O)Nc1ccc2c(c1)S(=O)(=O)CC2. The second-order valence-electron chi connectivity index (χ2n) is 6.22. The summed E-state index contributed by atoms with van der Waals surface area (Å²) < 4.78 is 23.7. The number of carbonyl (C=O) groups is 1. The van der Waals surface area contributed by atoms with Gasteiger partial charge in [0.15, 0.2) is 9.84 Å². The number of rotatable bonds is 2. The quantitative estimate of drug-likeness (QED) is 0.861. The monoisotopic (exact) mass is 296 g/mol. The zero-order valence-electron chi connectivity index (χ0n) is 11.9. The Labute approximate surface area is 119 Å². The van der Waals surface area contributed by atoms with Crippen LogP contribution in [0.1, 0.15) is 26.3 Å². The molecule has 0 aliphatic carbocycles. The zero-order valence-corrected chi connectivity index (χ0v) is 12.8. The maximum atomic E-state index is 12.0. The molecule has 0 bridgehead atoms. The smallest absolute Gasteiger partial charge is 0.241 e. The molecule has 1 atom stereocenters. The van der Waals surface area contributed by atoms with Gasteiger partial charge in [-0.15, -0.1) is 0 Å². The third kappa shape index (κ3) is 2.86. The first kappa shape index (κ1) is 15.0. The van der Waals surface area contributed by atoms with Crippen molar-refractivity contribution in [3.8, 4) is 0 Å². The van der Waals surface area contributed by atoms with Crippen LogP contribution in [0.25, 0.3) is 0 Å². The number of amides is 1. The second-order valence-corrected chi connectivity index (χ2v) is 8.30. The maximum absolute atomic E-state index is 12.0. The Hall–Kier alpha value is -1.40. The molecule has 0 saturated carbocycles. The van der Waals surface area contributed by atoms with Crippen molar-refractivity contribution in [2.75, 3.05) is 11.1 Å². The summed E-state index contributed by atoms with van der Waals surface area (Å²) in [5.74, 6) is -0.172. The van der Waals surface area contributed by atoms with E-state index in [1.807, 2.05) is 20.8 Å². The molecule has 0 unspecified atom stereocenters. The summed E-state index contributed by atoms with van der Waals surface area (Å²) in [4.78, 5) is 12.4. The average Bonchev–Trinajstić information content (AvgIpc) is 2.63. The summed E-state index contributed by atoms with van der Waals surface area (Å²) in [6, 6.07) is 4.32. The van der Waals surface area contributed by atoms with Crippen molar-refractivity contribution in [1.29, 1.82) is 0 Å². The minimum atomic E-state index is -3.20. The molecule has 1 heterocycles. The van der Waals surface area contributed by atoms with Crippen molar-refractivity contribution < 1.29 is 13.2 Å². The van der Waals surface area contributed by atoms with Gasteiger partial charge in [0, 0.05) is 5.69 Å². The standard InChI is InChI=1S/C14H20N2O3S/c1-14(2,3)12(15)13(17)16-10-5-4-9-6-7-20(18,19)11(9)8-10/h4-5,8,12H,6-7,15H2,1-3H3,(H,16,17)/t12-/m1/s1. The van der Waals surface area contributed by atoms with Gasteiger partial charge in [0.25, 0.3) is 0 Å². The fourth-order valence-electron chi connectivity index (χ4n) is 2.10. The Morgan fingerprint density at radius 2 is 2.00 bits per heavy atom.